The van der Waals surface area contributed by atoms with Gasteiger partial charge in [0, 0.05) is 18.1 Å². The molecule has 0 aromatic carbocycles. The normalized spacial score (nSPS) is 21.9. The first-order valence-corrected chi connectivity index (χ1v) is 7.07. The summed E-state index contributed by atoms with van der Waals surface area (Å²) in [5.74, 6) is -0.0971. The van der Waals surface area contributed by atoms with Crippen molar-refractivity contribution in [3.05, 3.63) is 0 Å². The number of rotatable bonds is 5. The molecular formula is C14H28N2O2. The Morgan fingerprint density at radius 3 is 2.72 bits per heavy atom. The number of carbonyl (C=O) groups is 1. The third-order valence-electron chi connectivity index (χ3n) is 3.25. The van der Waals surface area contributed by atoms with Gasteiger partial charge in [-0.25, -0.2) is 0 Å². The van der Waals surface area contributed by atoms with E-state index in [9.17, 15) is 4.79 Å². The van der Waals surface area contributed by atoms with Crippen LogP contribution in [0.2, 0.25) is 0 Å². The number of nitrogens with zero attached hydrogens (tertiary/aromatic N) is 1. The fraction of sp³-hybridized carbons (Fsp3) is 0.929. The van der Waals surface area contributed by atoms with Crippen molar-refractivity contribution in [1.82, 2.24) is 10.2 Å². The van der Waals surface area contributed by atoms with Gasteiger partial charge >= 0.3 is 5.97 Å². The van der Waals surface area contributed by atoms with Crippen LogP contribution in [-0.2, 0) is 9.53 Å². The molecule has 1 aliphatic rings. The van der Waals surface area contributed by atoms with E-state index < -0.39 is 0 Å². The molecule has 1 unspecified atom stereocenters. The second kappa shape index (κ2) is 7.10. The standard InChI is InChI=1S/C14H28N2O2/c1-5-18-13(17)11-16-9-7-6-8-12(16)10-15-14(2,3)4/h12,15H,5-11H2,1-4H3. The van der Waals surface area contributed by atoms with Gasteiger partial charge in [0.15, 0.2) is 0 Å². The van der Waals surface area contributed by atoms with Crippen LogP contribution in [-0.4, -0.2) is 48.7 Å². The molecule has 0 saturated carbocycles. The smallest absolute Gasteiger partial charge is 0.320 e. The van der Waals surface area contributed by atoms with Gasteiger partial charge in [-0.05, 0) is 47.1 Å². The molecule has 1 saturated heterocycles. The lowest BCUT2D eigenvalue weighted by Crippen LogP contribution is -2.51. The van der Waals surface area contributed by atoms with Gasteiger partial charge < -0.3 is 10.1 Å². The van der Waals surface area contributed by atoms with Crippen LogP contribution in [0.25, 0.3) is 0 Å². The minimum Gasteiger partial charge on any atom is -0.465 e. The maximum absolute atomic E-state index is 11.6. The zero-order valence-corrected chi connectivity index (χ0v) is 12.3. The monoisotopic (exact) mass is 256 g/mol. The summed E-state index contributed by atoms with van der Waals surface area (Å²) in [6.45, 7) is 11.2. The molecule has 4 heteroatoms. The molecule has 0 aromatic rings. The number of esters is 1. The lowest BCUT2D eigenvalue weighted by molar-refractivity contribution is -0.145. The van der Waals surface area contributed by atoms with Gasteiger partial charge in [-0.1, -0.05) is 6.42 Å². The lowest BCUT2D eigenvalue weighted by atomic mass is 10.0. The molecule has 0 aliphatic carbocycles. The lowest BCUT2D eigenvalue weighted by Gasteiger charge is -2.36. The zero-order chi connectivity index (χ0) is 13.6. The molecule has 1 rings (SSSR count). The van der Waals surface area contributed by atoms with Crippen LogP contribution in [0.1, 0.15) is 47.0 Å². The molecule has 1 heterocycles. The summed E-state index contributed by atoms with van der Waals surface area (Å²) in [5, 5.41) is 3.53. The zero-order valence-electron chi connectivity index (χ0n) is 12.3. The van der Waals surface area contributed by atoms with E-state index in [0.29, 0.717) is 19.2 Å². The Balaban J connectivity index is 2.44. The second-order valence-corrected chi connectivity index (χ2v) is 6.06. The second-order valence-electron chi connectivity index (χ2n) is 6.06. The fourth-order valence-electron chi connectivity index (χ4n) is 2.30. The number of nitrogens with one attached hydrogen (secondary N) is 1. The third kappa shape index (κ3) is 5.83. The Kier molecular flexibility index (Phi) is 6.09. The maximum atomic E-state index is 11.6. The first kappa shape index (κ1) is 15.4. The summed E-state index contributed by atoms with van der Waals surface area (Å²) in [5.41, 5.74) is 0.132. The van der Waals surface area contributed by atoms with Crippen LogP contribution in [0, 0.1) is 0 Å². The van der Waals surface area contributed by atoms with Crippen molar-refractivity contribution in [2.24, 2.45) is 0 Å². The van der Waals surface area contributed by atoms with Crippen molar-refractivity contribution in [2.45, 2.75) is 58.5 Å². The Labute approximate surface area is 111 Å². The van der Waals surface area contributed by atoms with E-state index in [1.165, 1.54) is 19.3 Å². The summed E-state index contributed by atoms with van der Waals surface area (Å²) in [6.07, 6.45) is 3.61. The van der Waals surface area contributed by atoms with Crippen LogP contribution in [0.4, 0.5) is 0 Å². The SMILES string of the molecule is CCOC(=O)CN1CCCCC1CNC(C)(C)C. The van der Waals surface area contributed by atoms with E-state index >= 15 is 0 Å². The van der Waals surface area contributed by atoms with Crippen molar-refractivity contribution >= 4 is 5.97 Å². The molecular weight excluding hydrogens is 228 g/mol. The van der Waals surface area contributed by atoms with Gasteiger partial charge in [0.25, 0.3) is 0 Å². The van der Waals surface area contributed by atoms with E-state index in [1.54, 1.807) is 0 Å². The van der Waals surface area contributed by atoms with Gasteiger partial charge in [-0.3, -0.25) is 9.69 Å². The van der Waals surface area contributed by atoms with Crippen LogP contribution >= 0.6 is 0 Å². The molecule has 1 fully saturated rings. The molecule has 0 spiro atoms. The molecule has 18 heavy (non-hydrogen) atoms. The highest BCUT2D eigenvalue weighted by Gasteiger charge is 2.25. The molecule has 1 aliphatic heterocycles. The molecule has 106 valence electrons. The Bertz CT molecular complexity index is 261. The molecule has 0 bridgehead atoms. The quantitative estimate of drug-likeness (QED) is 0.762. The number of carbonyl (C=O) groups excluding carboxylic acids is 1. The minimum absolute atomic E-state index is 0.0971. The van der Waals surface area contributed by atoms with Gasteiger partial charge in [-0.2, -0.15) is 0 Å². The maximum Gasteiger partial charge on any atom is 0.320 e. The summed E-state index contributed by atoms with van der Waals surface area (Å²) < 4.78 is 5.04. The summed E-state index contributed by atoms with van der Waals surface area (Å²) >= 11 is 0. The first-order chi connectivity index (χ1) is 8.42. The minimum atomic E-state index is -0.0971. The number of likely N-dealkylation sites (tertiary alicyclic amines) is 1. The average Bonchev–Trinajstić information content (AvgIpc) is 2.27. The van der Waals surface area contributed by atoms with Crippen molar-refractivity contribution < 1.29 is 9.53 Å². The summed E-state index contributed by atoms with van der Waals surface area (Å²) in [6, 6.07) is 0.461. The largest absolute Gasteiger partial charge is 0.465 e. The van der Waals surface area contributed by atoms with Crippen molar-refractivity contribution in [3.8, 4) is 0 Å². The van der Waals surface area contributed by atoms with E-state index in [1.807, 2.05) is 6.92 Å². The van der Waals surface area contributed by atoms with Crippen molar-refractivity contribution in [3.63, 3.8) is 0 Å². The van der Waals surface area contributed by atoms with Gasteiger partial charge in [-0.15, -0.1) is 0 Å². The Morgan fingerprint density at radius 2 is 2.11 bits per heavy atom. The van der Waals surface area contributed by atoms with Crippen LogP contribution in [0.3, 0.4) is 0 Å². The van der Waals surface area contributed by atoms with Gasteiger partial charge in [0.2, 0.25) is 0 Å². The molecule has 0 amide bonds. The fourth-order valence-corrected chi connectivity index (χ4v) is 2.30. The highest BCUT2D eigenvalue weighted by atomic mass is 16.5. The highest BCUT2D eigenvalue weighted by molar-refractivity contribution is 5.71. The molecule has 1 N–H and O–H groups in total. The number of hydrogen-bond donors (Lipinski definition) is 1. The molecule has 0 aromatic heterocycles. The van der Waals surface area contributed by atoms with E-state index in [4.69, 9.17) is 4.74 Å². The highest BCUT2D eigenvalue weighted by Crippen LogP contribution is 2.17. The van der Waals surface area contributed by atoms with E-state index in [2.05, 4.69) is 31.0 Å². The predicted octanol–water partition coefficient (Wildman–Crippen LogP) is 1.79. The Morgan fingerprint density at radius 1 is 1.39 bits per heavy atom. The van der Waals surface area contributed by atoms with Gasteiger partial charge in [0.05, 0.1) is 13.2 Å². The van der Waals surface area contributed by atoms with Crippen molar-refractivity contribution in [2.75, 3.05) is 26.2 Å². The molecule has 1 atom stereocenters. The predicted molar refractivity (Wildman–Crippen MR) is 73.6 cm³/mol. The van der Waals surface area contributed by atoms with Crippen molar-refractivity contribution in [1.29, 1.82) is 0 Å². The summed E-state index contributed by atoms with van der Waals surface area (Å²) in [4.78, 5) is 13.8. The first-order valence-electron chi connectivity index (χ1n) is 7.07. The van der Waals surface area contributed by atoms with E-state index in [0.717, 1.165) is 13.1 Å². The van der Waals surface area contributed by atoms with Gasteiger partial charge in [0.1, 0.15) is 0 Å². The molecule has 0 radical (unpaired) electrons. The number of piperidine rings is 1. The number of hydrogen-bond acceptors (Lipinski definition) is 4. The molecule has 4 nitrogen and oxygen atoms in total. The Hall–Kier alpha value is -0.610. The topological polar surface area (TPSA) is 41.6 Å². The third-order valence-corrected chi connectivity index (χ3v) is 3.25. The van der Waals surface area contributed by atoms with Crippen LogP contribution in [0.15, 0.2) is 0 Å². The van der Waals surface area contributed by atoms with E-state index in [-0.39, 0.29) is 11.5 Å². The van der Waals surface area contributed by atoms with Crippen LogP contribution in [0.5, 0.6) is 0 Å². The van der Waals surface area contributed by atoms with Crippen LogP contribution < -0.4 is 5.32 Å². The number of ether oxygens (including phenoxy) is 1. The average molecular weight is 256 g/mol. The summed E-state index contributed by atoms with van der Waals surface area (Å²) in [7, 11) is 0.